The predicted octanol–water partition coefficient (Wildman–Crippen LogP) is 4.32. The number of aromatic nitrogens is 2. The summed E-state index contributed by atoms with van der Waals surface area (Å²) in [6.45, 7) is 4.61. The average Bonchev–Trinajstić information content (AvgIpc) is 3.42. The normalized spacial score (nSPS) is 15.3. The zero-order chi connectivity index (χ0) is 21.9. The van der Waals surface area contributed by atoms with E-state index in [0.29, 0.717) is 11.7 Å². The van der Waals surface area contributed by atoms with Gasteiger partial charge in [-0.2, -0.15) is 0 Å². The van der Waals surface area contributed by atoms with Gasteiger partial charge in [0.25, 0.3) is 0 Å². The predicted molar refractivity (Wildman–Crippen MR) is 127 cm³/mol. The van der Waals surface area contributed by atoms with Crippen LogP contribution in [0.3, 0.4) is 0 Å². The number of fused-ring (bicyclic) bond motifs is 1. The fourth-order valence-corrected chi connectivity index (χ4v) is 5.45. The summed E-state index contributed by atoms with van der Waals surface area (Å²) in [6, 6.07) is 14.3. The van der Waals surface area contributed by atoms with Crippen molar-refractivity contribution in [3.63, 3.8) is 0 Å². The lowest BCUT2D eigenvalue weighted by Gasteiger charge is -2.33. The fourth-order valence-electron chi connectivity index (χ4n) is 3.72. The van der Waals surface area contributed by atoms with Gasteiger partial charge in [0.15, 0.2) is 5.13 Å². The number of thiazole rings is 2. The van der Waals surface area contributed by atoms with Crippen molar-refractivity contribution in [1.82, 2.24) is 19.8 Å². The number of benzene rings is 2. The van der Waals surface area contributed by atoms with E-state index in [1.54, 1.807) is 23.5 Å². The summed E-state index contributed by atoms with van der Waals surface area (Å²) in [6.07, 6.45) is 0. The zero-order valence-electron chi connectivity index (χ0n) is 17.3. The lowest BCUT2D eigenvalue weighted by atomic mass is 10.2. The van der Waals surface area contributed by atoms with Crippen molar-refractivity contribution in [3.05, 3.63) is 64.7 Å². The SMILES string of the molecule is O=C(CN1CCN(Cc2nc(-c3ccc(F)cc3)cs2)CC1)Nc1nc2ccccc2s1. The van der Waals surface area contributed by atoms with E-state index in [2.05, 4.69) is 20.1 Å². The van der Waals surface area contributed by atoms with Gasteiger partial charge in [-0.1, -0.05) is 23.5 Å². The number of piperazine rings is 1. The first-order valence-corrected chi connectivity index (χ1v) is 12.1. The highest BCUT2D eigenvalue weighted by molar-refractivity contribution is 7.22. The summed E-state index contributed by atoms with van der Waals surface area (Å²) < 4.78 is 14.2. The molecule has 1 fully saturated rings. The van der Waals surface area contributed by atoms with Crippen LogP contribution in [0.4, 0.5) is 9.52 Å². The van der Waals surface area contributed by atoms with Gasteiger partial charge in [-0.05, 0) is 36.4 Å². The molecule has 4 aromatic rings. The minimum atomic E-state index is -0.240. The van der Waals surface area contributed by atoms with Crippen LogP contribution in [0.5, 0.6) is 0 Å². The summed E-state index contributed by atoms with van der Waals surface area (Å²) >= 11 is 3.12. The molecule has 0 unspecified atom stereocenters. The van der Waals surface area contributed by atoms with E-state index in [1.165, 1.54) is 23.5 Å². The number of amides is 1. The Morgan fingerprint density at radius 1 is 1.00 bits per heavy atom. The van der Waals surface area contributed by atoms with Crippen molar-refractivity contribution in [2.75, 3.05) is 38.0 Å². The monoisotopic (exact) mass is 467 g/mol. The van der Waals surface area contributed by atoms with Crippen LogP contribution in [-0.2, 0) is 11.3 Å². The molecular formula is C23H22FN5OS2. The summed E-state index contributed by atoms with van der Waals surface area (Å²) in [5.74, 6) is -0.266. The molecule has 0 saturated carbocycles. The van der Waals surface area contributed by atoms with Gasteiger partial charge in [0.2, 0.25) is 5.91 Å². The van der Waals surface area contributed by atoms with Gasteiger partial charge in [-0.15, -0.1) is 11.3 Å². The van der Waals surface area contributed by atoms with E-state index >= 15 is 0 Å². The van der Waals surface area contributed by atoms with Gasteiger partial charge in [0.05, 0.1) is 29.0 Å². The molecule has 0 bridgehead atoms. The molecule has 1 N–H and O–H groups in total. The van der Waals surface area contributed by atoms with Crippen LogP contribution in [-0.4, -0.2) is 58.4 Å². The summed E-state index contributed by atoms with van der Waals surface area (Å²) in [4.78, 5) is 26.2. The quantitative estimate of drug-likeness (QED) is 0.458. The molecule has 0 spiro atoms. The summed E-state index contributed by atoms with van der Waals surface area (Å²) in [5.41, 5.74) is 2.72. The highest BCUT2D eigenvalue weighted by Gasteiger charge is 2.20. The summed E-state index contributed by atoms with van der Waals surface area (Å²) in [5, 5.41) is 6.65. The molecule has 0 aliphatic carbocycles. The maximum atomic E-state index is 13.1. The molecule has 0 radical (unpaired) electrons. The second-order valence-electron chi connectivity index (χ2n) is 7.72. The van der Waals surface area contributed by atoms with Crippen LogP contribution in [0.15, 0.2) is 53.9 Å². The lowest BCUT2D eigenvalue weighted by Crippen LogP contribution is -2.48. The number of hydrogen-bond donors (Lipinski definition) is 1. The average molecular weight is 468 g/mol. The Morgan fingerprint density at radius 3 is 2.53 bits per heavy atom. The zero-order valence-corrected chi connectivity index (χ0v) is 19.0. The van der Waals surface area contributed by atoms with Crippen LogP contribution in [0.25, 0.3) is 21.5 Å². The Balaban J connectivity index is 1.09. The molecule has 1 aliphatic rings. The highest BCUT2D eigenvalue weighted by atomic mass is 32.1. The van der Waals surface area contributed by atoms with Crippen molar-refractivity contribution < 1.29 is 9.18 Å². The van der Waals surface area contributed by atoms with Gasteiger partial charge < -0.3 is 5.32 Å². The molecule has 1 saturated heterocycles. The van der Waals surface area contributed by atoms with Gasteiger partial charge in [0, 0.05) is 37.1 Å². The molecule has 164 valence electrons. The van der Waals surface area contributed by atoms with Gasteiger partial charge in [0.1, 0.15) is 10.8 Å². The van der Waals surface area contributed by atoms with Crippen molar-refractivity contribution in [3.8, 4) is 11.3 Å². The Kier molecular flexibility index (Phi) is 6.22. The van der Waals surface area contributed by atoms with Crippen LogP contribution in [0.2, 0.25) is 0 Å². The van der Waals surface area contributed by atoms with Crippen molar-refractivity contribution in [1.29, 1.82) is 0 Å². The molecule has 9 heteroatoms. The Labute approximate surface area is 193 Å². The topological polar surface area (TPSA) is 61.4 Å². The van der Waals surface area contributed by atoms with Gasteiger partial charge in [-0.25, -0.2) is 14.4 Å². The molecular weight excluding hydrogens is 445 g/mol. The molecule has 32 heavy (non-hydrogen) atoms. The number of rotatable bonds is 6. The number of hydrogen-bond acceptors (Lipinski definition) is 7. The first kappa shape index (κ1) is 21.1. The Morgan fingerprint density at radius 2 is 1.75 bits per heavy atom. The summed E-state index contributed by atoms with van der Waals surface area (Å²) in [7, 11) is 0. The van der Waals surface area contributed by atoms with E-state index in [0.717, 1.165) is 59.2 Å². The van der Waals surface area contributed by atoms with E-state index in [1.807, 2.05) is 29.6 Å². The van der Waals surface area contributed by atoms with Crippen molar-refractivity contribution in [2.45, 2.75) is 6.54 Å². The van der Waals surface area contributed by atoms with Gasteiger partial charge >= 0.3 is 0 Å². The minimum Gasteiger partial charge on any atom is -0.301 e. The third-order valence-corrected chi connectivity index (χ3v) is 7.21. The maximum Gasteiger partial charge on any atom is 0.240 e. The number of nitrogens with zero attached hydrogens (tertiary/aromatic N) is 4. The number of anilines is 1. The van der Waals surface area contributed by atoms with Crippen molar-refractivity contribution in [2.24, 2.45) is 0 Å². The minimum absolute atomic E-state index is 0.0265. The fraction of sp³-hybridized carbons (Fsp3) is 0.261. The molecule has 2 aromatic heterocycles. The molecule has 2 aromatic carbocycles. The molecule has 1 amide bonds. The second kappa shape index (κ2) is 9.41. The van der Waals surface area contributed by atoms with E-state index < -0.39 is 0 Å². The van der Waals surface area contributed by atoms with E-state index in [-0.39, 0.29) is 11.7 Å². The van der Waals surface area contributed by atoms with Crippen molar-refractivity contribution >= 4 is 43.9 Å². The second-order valence-corrected chi connectivity index (χ2v) is 9.69. The van der Waals surface area contributed by atoms with E-state index in [9.17, 15) is 9.18 Å². The van der Waals surface area contributed by atoms with Crippen LogP contribution >= 0.6 is 22.7 Å². The number of carbonyl (C=O) groups is 1. The standard InChI is InChI=1S/C23H22FN5OS2/c24-17-7-5-16(6-8-17)19-15-31-22(25-19)14-29-11-9-28(10-12-29)13-21(30)27-23-26-18-3-1-2-4-20(18)32-23/h1-8,15H,9-14H2,(H,26,27,30). The molecule has 0 atom stereocenters. The lowest BCUT2D eigenvalue weighted by molar-refractivity contribution is -0.117. The smallest absolute Gasteiger partial charge is 0.240 e. The van der Waals surface area contributed by atoms with Gasteiger partial charge in [-0.3, -0.25) is 14.6 Å². The number of halogens is 1. The first-order chi connectivity index (χ1) is 15.6. The first-order valence-electron chi connectivity index (χ1n) is 10.4. The Hall–Kier alpha value is -2.72. The molecule has 5 rings (SSSR count). The Bertz CT molecular complexity index is 1180. The van der Waals surface area contributed by atoms with Crippen LogP contribution < -0.4 is 5.32 Å². The molecule has 6 nitrogen and oxygen atoms in total. The number of carbonyl (C=O) groups excluding carboxylic acids is 1. The third-order valence-electron chi connectivity index (χ3n) is 5.42. The number of para-hydroxylation sites is 1. The van der Waals surface area contributed by atoms with Crippen LogP contribution in [0, 0.1) is 5.82 Å². The highest BCUT2D eigenvalue weighted by Crippen LogP contribution is 2.25. The largest absolute Gasteiger partial charge is 0.301 e. The number of nitrogens with one attached hydrogen (secondary N) is 1. The molecule has 1 aliphatic heterocycles. The maximum absolute atomic E-state index is 13.1. The molecule has 3 heterocycles. The third kappa shape index (κ3) is 5.02. The van der Waals surface area contributed by atoms with E-state index in [4.69, 9.17) is 4.98 Å². The van der Waals surface area contributed by atoms with Crippen LogP contribution in [0.1, 0.15) is 5.01 Å².